The van der Waals surface area contributed by atoms with Gasteiger partial charge in [0.25, 0.3) is 0 Å². The maximum Gasteiger partial charge on any atom is 0.239 e. The Labute approximate surface area is 126 Å². The van der Waals surface area contributed by atoms with Crippen LogP contribution in [0.25, 0.3) is 0 Å². The molecule has 1 unspecified atom stereocenters. The molecule has 1 atom stereocenters. The normalized spacial score (nSPS) is 11.8. The first-order valence-corrected chi connectivity index (χ1v) is 7.37. The van der Waals surface area contributed by atoms with E-state index >= 15 is 0 Å². The SMILES string of the molecule is CCCN(CC(=O)NC)C(=O)C(N)CCc1ccccc1. The highest BCUT2D eigenvalue weighted by Crippen LogP contribution is 2.06. The summed E-state index contributed by atoms with van der Waals surface area (Å²) < 4.78 is 0. The van der Waals surface area contributed by atoms with E-state index in [0.717, 1.165) is 18.4 Å². The number of likely N-dealkylation sites (N-methyl/N-ethyl adjacent to an activating group) is 1. The quantitative estimate of drug-likeness (QED) is 0.748. The van der Waals surface area contributed by atoms with Gasteiger partial charge >= 0.3 is 0 Å². The lowest BCUT2D eigenvalue weighted by molar-refractivity contribution is -0.137. The molecule has 1 aromatic rings. The van der Waals surface area contributed by atoms with Crippen LogP contribution < -0.4 is 11.1 Å². The van der Waals surface area contributed by atoms with Crippen LogP contribution in [-0.2, 0) is 16.0 Å². The van der Waals surface area contributed by atoms with Crippen LogP contribution in [0.15, 0.2) is 30.3 Å². The molecule has 0 saturated carbocycles. The number of carbonyl (C=O) groups is 2. The van der Waals surface area contributed by atoms with Crippen LogP contribution in [0, 0.1) is 0 Å². The van der Waals surface area contributed by atoms with Gasteiger partial charge in [0.15, 0.2) is 0 Å². The van der Waals surface area contributed by atoms with Gasteiger partial charge in [-0.05, 0) is 24.8 Å². The molecule has 0 bridgehead atoms. The highest BCUT2D eigenvalue weighted by molar-refractivity contribution is 5.87. The number of hydrogen-bond acceptors (Lipinski definition) is 3. The maximum atomic E-state index is 12.3. The summed E-state index contributed by atoms with van der Waals surface area (Å²) in [5.41, 5.74) is 7.15. The molecule has 0 aliphatic rings. The first kappa shape index (κ1) is 17.2. The Morgan fingerprint density at radius 2 is 1.95 bits per heavy atom. The molecule has 5 heteroatoms. The Hall–Kier alpha value is -1.88. The zero-order chi connectivity index (χ0) is 15.7. The van der Waals surface area contributed by atoms with Crippen molar-refractivity contribution in [2.24, 2.45) is 5.73 Å². The number of nitrogens with two attached hydrogens (primary N) is 1. The molecule has 1 aromatic carbocycles. The van der Waals surface area contributed by atoms with E-state index in [9.17, 15) is 9.59 Å². The average molecular weight is 291 g/mol. The molecule has 116 valence electrons. The summed E-state index contributed by atoms with van der Waals surface area (Å²) in [5, 5.41) is 2.53. The van der Waals surface area contributed by atoms with Crippen molar-refractivity contribution in [2.75, 3.05) is 20.1 Å². The molecule has 21 heavy (non-hydrogen) atoms. The number of nitrogens with zero attached hydrogens (tertiary/aromatic N) is 1. The van der Waals surface area contributed by atoms with Gasteiger partial charge in [-0.3, -0.25) is 9.59 Å². The summed E-state index contributed by atoms with van der Waals surface area (Å²) in [6.07, 6.45) is 2.14. The molecule has 3 N–H and O–H groups in total. The third-order valence-corrected chi connectivity index (χ3v) is 3.32. The van der Waals surface area contributed by atoms with Crippen molar-refractivity contribution >= 4 is 11.8 Å². The van der Waals surface area contributed by atoms with Gasteiger partial charge in [0.05, 0.1) is 12.6 Å². The fraction of sp³-hybridized carbons (Fsp3) is 0.500. The fourth-order valence-corrected chi connectivity index (χ4v) is 2.11. The van der Waals surface area contributed by atoms with Crippen molar-refractivity contribution < 1.29 is 9.59 Å². The van der Waals surface area contributed by atoms with Crippen molar-refractivity contribution in [1.82, 2.24) is 10.2 Å². The van der Waals surface area contributed by atoms with Gasteiger partial charge in [-0.15, -0.1) is 0 Å². The second-order valence-corrected chi connectivity index (χ2v) is 5.06. The predicted molar refractivity (Wildman–Crippen MR) is 83.7 cm³/mol. The molecular formula is C16H25N3O2. The van der Waals surface area contributed by atoms with Gasteiger partial charge in [0, 0.05) is 13.6 Å². The predicted octanol–water partition coefficient (Wildman–Crippen LogP) is 0.931. The summed E-state index contributed by atoms with van der Waals surface area (Å²) in [7, 11) is 1.56. The molecule has 5 nitrogen and oxygen atoms in total. The van der Waals surface area contributed by atoms with E-state index in [1.165, 1.54) is 4.90 Å². The molecule has 0 saturated heterocycles. The number of carbonyl (C=O) groups excluding carboxylic acids is 2. The highest BCUT2D eigenvalue weighted by atomic mass is 16.2. The van der Waals surface area contributed by atoms with Crippen molar-refractivity contribution in [2.45, 2.75) is 32.2 Å². The van der Waals surface area contributed by atoms with Crippen molar-refractivity contribution in [1.29, 1.82) is 0 Å². The number of rotatable bonds is 8. The highest BCUT2D eigenvalue weighted by Gasteiger charge is 2.21. The van der Waals surface area contributed by atoms with E-state index in [-0.39, 0.29) is 18.4 Å². The summed E-state index contributed by atoms with van der Waals surface area (Å²) >= 11 is 0. The maximum absolute atomic E-state index is 12.3. The molecule has 0 radical (unpaired) electrons. The molecule has 2 amide bonds. The Morgan fingerprint density at radius 3 is 2.52 bits per heavy atom. The third kappa shape index (κ3) is 5.95. The zero-order valence-corrected chi connectivity index (χ0v) is 12.8. The Kier molecular flexibility index (Phi) is 7.46. The molecule has 0 aromatic heterocycles. The minimum atomic E-state index is -0.568. The van der Waals surface area contributed by atoms with Crippen LogP contribution in [0.5, 0.6) is 0 Å². The van der Waals surface area contributed by atoms with Gasteiger partial charge < -0.3 is 16.0 Å². The average Bonchev–Trinajstić information content (AvgIpc) is 2.52. The van der Waals surface area contributed by atoms with Crippen LogP contribution in [0.4, 0.5) is 0 Å². The standard InChI is InChI=1S/C16H25N3O2/c1-3-11-19(12-15(20)18-2)16(21)14(17)10-9-13-7-5-4-6-8-13/h4-8,14H,3,9-12,17H2,1-2H3,(H,18,20). The molecule has 0 aliphatic heterocycles. The lowest BCUT2D eigenvalue weighted by Crippen LogP contribution is -2.47. The van der Waals surface area contributed by atoms with Gasteiger partial charge in [-0.25, -0.2) is 0 Å². The van der Waals surface area contributed by atoms with E-state index in [1.54, 1.807) is 7.05 Å². The zero-order valence-electron chi connectivity index (χ0n) is 12.8. The smallest absolute Gasteiger partial charge is 0.239 e. The van der Waals surface area contributed by atoms with Gasteiger partial charge in [-0.1, -0.05) is 37.3 Å². The number of nitrogens with one attached hydrogen (secondary N) is 1. The van der Waals surface area contributed by atoms with Crippen molar-refractivity contribution in [3.63, 3.8) is 0 Å². The van der Waals surface area contributed by atoms with Crippen LogP contribution in [-0.4, -0.2) is 42.9 Å². The first-order valence-electron chi connectivity index (χ1n) is 7.37. The summed E-state index contributed by atoms with van der Waals surface area (Å²) in [5.74, 6) is -0.330. The van der Waals surface area contributed by atoms with E-state index in [0.29, 0.717) is 13.0 Å². The van der Waals surface area contributed by atoms with Crippen LogP contribution in [0.1, 0.15) is 25.3 Å². The fourth-order valence-electron chi connectivity index (χ4n) is 2.11. The number of hydrogen-bond donors (Lipinski definition) is 2. The summed E-state index contributed by atoms with van der Waals surface area (Å²) in [6.45, 7) is 2.59. The molecule has 0 spiro atoms. The Balaban J connectivity index is 2.54. The third-order valence-electron chi connectivity index (χ3n) is 3.32. The van der Waals surface area contributed by atoms with Crippen molar-refractivity contribution in [3.05, 3.63) is 35.9 Å². The molecule has 0 heterocycles. The Morgan fingerprint density at radius 1 is 1.29 bits per heavy atom. The summed E-state index contributed by atoms with van der Waals surface area (Å²) in [6, 6.07) is 9.37. The van der Waals surface area contributed by atoms with Gasteiger partial charge in [0.1, 0.15) is 0 Å². The second-order valence-electron chi connectivity index (χ2n) is 5.06. The number of aryl methyl sites for hydroxylation is 1. The van der Waals surface area contributed by atoms with Gasteiger partial charge in [-0.2, -0.15) is 0 Å². The molecule has 0 aliphatic carbocycles. The number of benzene rings is 1. The minimum absolute atomic E-state index is 0.0716. The lowest BCUT2D eigenvalue weighted by atomic mass is 10.0. The number of amides is 2. The van der Waals surface area contributed by atoms with Gasteiger partial charge in [0.2, 0.25) is 11.8 Å². The van der Waals surface area contributed by atoms with Crippen LogP contribution >= 0.6 is 0 Å². The molecule has 1 rings (SSSR count). The topological polar surface area (TPSA) is 75.4 Å². The van der Waals surface area contributed by atoms with Crippen LogP contribution in [0.2, 0.25) is 0 Å². The van der Waals surface area contributed by atoms with E-state index in [2.05, 4.69) is 5.32 Å². The Bertz CT molecular complexity index is 448. The van der Waals surface area contributed by atoms with E-state index in [4.69, 9.17) is 5.73 Å². The van der Waals surface area contributed by atoms with E-state index < -0.39 is 6.04 Å². The first-order chi connectivity index (χ1) is 10.1. The molecular weight excluding hydrogens is 266 g/mol. The minimum Gasteiger partial charge on any atom is -0.358 e. The largest absolute Gasteiger partial charge is 0.358 e. The second kappa shape index (κ2) is 9.13. The summed E-state index contributed by atoms with van der Waals surface area (Å²) in [4.78, 5) is 25.3. The van der Waals surface area contributed by atoms with Crippen molar-refractivity contribution in [3.8, 4) is 0 Å². The molecule has 0 fully saturated rings. The lowest BCUT2D eigenvalue weighted by Gasteiger charge is -2.24. The van der Waals surface area contributed by atoms with Crippen LogP contribution in [0.3, 0.4) is 0 Å². The monoisotopic (exact) mass is 291 g/mol. The van der Waals surface area contributed by atoms with E-state index in [1.807, 2.05) is 37.3 Å².